The van der Waals surface area contributed by atoms with Crippen molar-refractivity contribution in [2.75, 3.05) is 20.3 Å². The van der Waals surface area contributed by atoms with Gasteiger partial charge in [-0.2, -0.15) is 0 Å². The first kappa shape index (κ1) is 17.9. The maximum absolute atomic E-state index is 11.6. The number of amides is 1. The van der Waals surface area contributed by atoms with Crippen molar-refractivity contribution in [3.8, 4) is 0 Å². The highest BCUT2D eigenvalue weighted by atomic mass is 35.5. The largest absolute Gasteiger partial charge is 0.386 e. The third-order valence-electron chi connectivity index (χ3n) is 2.93. The fourth-order valence-corrected chi connectivity index (χ4v) is 2.90. The van der Waals surface area contributed by atoms with Crippen molar-refractivity contribution in [1.29, 1.82) is 0 Å². The van der Waals surface area contributed by atoms with Crippen LogP contribution in [0.3, 0.4) is 0 Å². The molecule has 2 aromatic rings. The molecule has 0 aliphatic heterocycles. The molecule has 0 saturated carbocycles. The summed E-state index contributed by atoms with van der Waals surface area (Å²) < 4.78 is 5.92. The molecule has 0 radical (unpaired) electrons. The van der Waals surface area contributed by atoms with Gasteiger partial charge in [-0.3, -0.25) is 4.79 Å². The predicted octanol–water partition coefficient (Wildman–Crippen LogP) is 1.45. The van der Waals surface area contributed by atoms with Gasteiger partial charge in [-0.05, 0) is 17.5 Å². The van der Waals surface area contributed by atoms with Crippen LogP contribution >= 0.6 is 23.7 Å². The number of rotatable bonds is 6. The minimum absolute atomic E-state index is 0. The Hall–Kier alpha value is -1.18. The predicted molar refractivity (Wildman–Crippen MR) is 86.9 cm³/mol. The lowest BCUT2D eigenvalue weighted by molar-refractivity contribution is -0.123. The number of fused-ring (bicyclic) bond motifs is 1. The molecule has 0 aliphatic carbocycles. The van der Waals surface area contributed by atoms with Gasteiger partial charge in [0.1, 0.15) is 12.1 Å². The molecule has 0 fully saturated rings. The second kappa shape index (κ2) is 8.31. The number of nitrogens with two attached hydrogens (primary N) is 1. The summed E-state index contributed by atoms with van der Waals surface area (Å²) in [6.45, 7) is 0.299. The van der Waals surface area contributed by atoms with Gasteiger partial charge in [-0.1, -0.05) is 18.2 Å². The molecular formula is C14H19ClN2O3S. The Balaban J connectivity index is 0.00000220. The first-order chi connectivity index (χ1) is 9.61. The number of benzene rings is 1. The smallest absolute Gasteiger partial charge is 0.239 e. The van der Waals surface area contributed by atoms with E-state index in [1.165, 1.54) is 18.4 Å². The molecular weight excluding hydrogens is 312 g/mol. The van der Waals surface area contributed by atoms with Crippen LogP contribution in [0.1, 0.15) is 11.0 Å². The molecule has 1 heterocycles. The standard InChI is InChI=1S/C14H18N2O3S.ClH/c1-19-8-10(15)14(18)16-7-11(17)13-6-9-4-2-3-5-12(9)20-13;/h2-6,10-11,17H,7-8,15H2,1H3,(H,16,18);1H. The number of hydrogen-bond donors (Lipinski definition) is 3. The van der Waals surface area contributed by atoms with Gasteiger partial charge in [0.15, 0.2) is 0 Å². The van der Waals surface area contributed by atoms with Crippen LogP contribution in [-0.2, 0) is 9.53 Å². The highest BCUT2D eigenvalue weighted by molar-refractivity contribution is 7.19. The topological polar surface area (TPSA) is 84.6 Å². The molecule has 21 heavy (non-hydrogen) atoms. The van der Waals surface area contributed by atoms with E-state index in [1.54, 1.807) is 0 Å². The number of aliphatic hydroxyl groups excluding tert-OH is 1. The second-order valence-electron chi connectivity index (χ2n) is 4.51. The number of methoxy groups -OCH3 is 1. The Morgan fingerprint density at radius 3 is 2.86 bits per heavy atom. The molecule has 7 heteroatoms. The fourth-order valence-electron chi connectivity index (χ4n) is 1.85. The zero-order valence-corrected chi connectivity index (χ0v) is 13.2. The molecule has 5 nitrogen and oxygen atoms in total. The van der Waals surface area contributed by atoms with Crippen molar-refractivity contribution in [1.82, 2.24) is 5.32 Å². The molecule has 1 aromatic carbocycles. The maximum atomic E-state index is 11.6. The number of hydrogen-bond acceptors (Lipinski definition) is 5. The van der Waals surface area contributed by atoms with Crippen LogP contribution in [-0.4, -0.2) is 37.3 Å². The SMILES string of the molecule is COCC(N)C(=O)NCC(O)c1cc2ccccc2s1.Cl. The van der Waals surface area contributed by atoms with Crippen LogP contribution in [0.2, 0.25) is 0 Å². The van der Waals surface area contributed by atoms with Gasteiger partial charge in [-0.25, -0.2) is 0 Å². The normalized spacial score (nSPS) is 13.5. The van der Waals surface area contributed by atoms with Crippen molar-refractivity contribution >= 4 is 39.7 Å². The minimum atomic E-state index is -0.730. The van der Waals surface area contributed by atoms with Gasteiger partial charge < -0.3 is 20.9 Å². The number of carbonyl (C=O) groups is 1. The molecule has 4 N–H and O–H groups in total. The monoisotopic (exact) mass is 330 g/mol. The number of halogens is 1. The fraction of sp³-hybridized carbons (Fsp3) is 0.357. The van der Waals surface area contributed by atoms with E-state index >= 15 is 0 Å². The quantitative estimate of drug-likeness (QED) is 0.748. The summed E-state index contributed by atoms with van der Waals surface area (Å²) in [5.74, 6) is -0.327. The molecule has 2 atom stereocenters. The molecule has 1 amide bonds. The van der Waals surface area contributed by atoms with E-state index in [1.807, 2.05) is 30.3 Å². The number of aliphatic hydroxyl groups is 1. The summed E-state index contributed by atoms with van der Waals surface area (Å²) in [6.07, 6.45) is -0.730. The van der Waals surface area contributed by atoms with Crippen LogP contribution in [0.5, 0.6) is 0 Å². The van der Waals surface area contributed by atoms with Crippen LogP contribution in [0.4, 0.5) is 0 Å². The Labute approximate surface area is 133 Å². The van der Waals surface area contributed by atoms with Crippen LogP contribution in [0, 0.1) is 0 Å². The van der Waals surface area contributed by atoms with Crippen molar-refractivity contribution in [2.24, 2.45) is 5.73 Å². The highest BCUT2D eigenvalue weighted by Gasteiger charge is 2.16. The summed E-state index contributed by atoms with van der Waals surface area (Å²) >= 11 is 1.52. The second-order valence-corrected chi connectivity index (χ2v) is 5.62. The summed E-state index contributed by atoms with van der Waals surface area (Å²) in [5, 5.41) is 13.8. The Morgan fingerprint density at radius 2 is 2.19 bits per heavy atom. The Kier molecular flexibility index (Phi) is 7.07. The number of carbonyl (C=O) groups excluding carboxylic acids is 1. The zero-order valence-electron chi connectivity index (χ0n) is 11.6. The van der Waals surface area contributed by atoms with E-state index in [0.717, 1.165) is 15.0 Å². The number of thiophene rings is 1. The molecule has 2 unspecified atom stereocenters. The Morgan fingerprint density at radius 1 is 1.48 bits per heavy atom. The third kappa shape index (κ3) is 4.66. The van der Waals surface area contributed by atoms with E-state index in [0.29, 0.717) is 0 Å². The van der Waals surface area contributed by atoms with E-state index in [9.17, 15) is 9.90 Å². The van der Waals surface area contributed by atoms with E-state index in [-0.39, 0.29) is 31.5 Å². The minimum Gasteiger partial charge on any atom is -0.386 e. The van der Waals surface area contributed by atoms with E-state index in [2.05, 4.69) is 5.32 Å². The average molecular weight is 331 g/mol. The molecule has 0 saturated heterocycles. The van der Waals surface area contributed by atoms with Gasteiger partial charge in [0.25, 0.3) is 0 Å². The van der Waals surface area contributed by atoms with Crippen molar-refractivity contribution < 1.29 is 14.6 Å². The van der Waals surface area contributed by atoms with Crippen LogP contribution < -0.4 is 11.1 Å². The summed E-state index contributed by atoms with van der Waals surface area (Å²) in [4.78, 5) is 12.4. The first-order valence-corrected chi connectivity index (χ1v) is 7.12. The first-order valence-electron chi connectivity index (χ1n) is 6.30. The lowest BCUT2D eigenvalue weighted by atomic mass is 10.2. The number of nitrogens with one attached hydrogen (secondary N) is 1. The lowest BCUT2D eigenvalue weighted by Crippen LogP contribution is -2.44. The van der Waals surface area contributed by atoms with Gasteiger partial charge in [0.05, 0.1) is 6.61 Å². The molecule has 2 rings (SSSR count). The van der Waals surface area contributed by atoms with E-state index < -0.39 is 12.1 Å². The van der Waals surface area contributed by atoms with Crippen molar-refractivity contribution in [3.63, 3.8) is 0 Å². The maximum Gasteiger partial charge on any atom is 0.239 e. The summed E-state index contributed by atoms with van der Waals surface area (Å²) in [6, 6.07) is 9.14. The van der Waals surface area contributed by atoms with Crippen LogP contribution in [0.15, 0.2) is 30.3 Å². The molecule has 0 bridgehead atoms. The van der Waals surface area contributed by atoms with Crippen LogP contribution in [0.25, 0.3) is 10.1 Å². The number of ether oxygens (including phenoxy) is 1. The molecule has 116 valence electrons. The Bertz CT molecular complexity index is 557. The average Bonchev–Trinajstić information content (AvgIpc) is 2.88. The van der Waals surface area contributed by atoms with Gasteiger partial charge in [0, 0.05) is 23.2 Å². The molecule has 0 aliphatic rings. The third-order valence-corrected chi connectivity index (χ3v) is 4.14. The summed E-state index contributed by atoms with van der Waals surface area (Å²) in [5.41, 5.74) is 5.60. The summed E-state index contributed by atoms with van der Waals surface area (Å²) in [7, 11) is 1.49. The molecule has 0 spiro atoms. The van der Waals surface area contributed by atoms with Crippen molar-refractivity contribution in [3.05, 3.63) is 35.2 Å². The van der Waals surface area contributed by atoms with Gasteiger partial charge in [0.2, 0.25) is 5.91 Å². The highest BCUT2D eigenvalue weighted by Crippen LogP contribution is 2.29. The van der Waals surface area contributed by atoms with Crippen molar-refractivity contribution in [2.45, 2.75) is 12.1 Å². The lowest BCUT2D eigenvalue weighted by Gasteiger charge is -2.13. The van der Waals surface area contributed by atoms with E-state index in [4.69, 9.17) is 10.5 Å². The molecule has 1 aromatic heterocycles. The van der Waals surface area contributed by atoms with Gasteiger partial charge >= 0.3 is 0 Å². The van der Waals surface area contributed by atoms with Gasteiger partial charge in [-0.15, -0.1) is 23.7 Å². The zero-order chi connectivity index (χ0) is 14.5.